The average molecular weight is 410 g/mol. The van der Waals surface area contributed by atoms with Crippen LogP contribution in [-0.2, 0) is 0 Å². The van der Waals surface area contributed by atoms with Gasteiger partial charge in [-0.2, -0.15) is 0 Å². The number of hydrogen-bond donors (Lipinski definition) is 0. The van der Waals surface area contributed by atoms with Crippen molar-refractivity contribution in [1.82, 2.24) is 0 Å². The first-order valence-corrected chi connectivity index (χ1v) is 10.8. The van der Waals surface area contributed by atoms with Gasteiger partial charge in [0, 0.05) is 32.7 Å². The lowest BCUT2D eigenvalue weighted by Crippen LogP contribution is -1.78. The van der Waals surface area contributed by atoms with Gasteiger partial charge in [0.25, 0.3) is 0 Å². The lowest BCUT2D eigenvalue weighted by atomic mass is 10.0. The molecule has 32 heavy (non-hydrogen) atoms. The highest BCUT2D eigenvalue weighted by Crippen LogP contribution is 2.38. The second kappa shape index (κ2) is 6.60. The molecule has 0 bridgehead atoms. The van der Waals surface area contributed by atoms with Crippen molar-refractivity contribution in [2.75, 3.05) is 0 Å². The highest BCUT2D eigenvalue weighted by atomic mass is 16.3. The molecule has 0 aliphatic carbocycles. The van der Waals surface area contributed by atoms with E-state index < -0.39 is 0 Å². The van der Waals surface area contributed by atoms with Crippen LogP contribution in [0.25, 0.3) is 66.1 Å². The van der Waals surface area contributed by atoms with E-state index in [1.54, 1.807) is 0 Å². The van der Waals surface area contributed by atoms with Gasteiger partial charge in [-0.05, 0) is 35.0 Å². The molecule has 0 spiro atoms. The summed E-state index contributed by atoms with van der Waals surface area (Å²) >= 11 is 0. The molecule has 5 aromatic carbocycles. The second-order valence-corrected chi connectivity index (χ2v) is 8.22. The maximum absolute atomic E-state index is 6.34. The molecule has 0 saturated carbocycles. The Bertz CT molecular complexity index is 1620. The summed E-state index contributed by atoms with van der Waals surface area (Å²) in [5.74, 6) is 1.78. The van der Waals surface area contributed by atoms with Crippen LogP contribution in [0.15, 0.2) is 118 Å². The fourth-order valence-electron chi connectivity index (χ4n) is 4.63. The lowest BCUT2D eigenvalue weighted by molar-refractivity contribution is 0.634. The summed E-state index contributed by atoms with van der Waals surface area (Å²) < 4.78 is 12.7. The van der Waals surface area contributed by atoms with E-state index in [4.69, 9.17) is 8.83 Å². The van der Waals surface area contributed by atoms with Gasteiger partial charge in [-0.25, -0.2) is 0 Å². The Balaban J connectivity index is 1.46. The molecule has 0 atom stereocenters. The Kier molecular flexibility index (Phi) is 3.58. The van der Waals surface area contributed by atoms with Crippen LogP contribution in [0.2, 0.25) is 0 Å². The molecule has 0 radical (unpaired) electrons. The quantitative estimate of drug-likeness (QED) is 0.266. The minimum atomic E-state index is 0.891. The Morgan fingerprint density at radius 1 is 0.375 bits per heavy atom. The van der Waals surface area contributed by atoms with Crippen LogP contribution in [0, 0.1) is 0 Å². The molecule has 2 heteroatoms. The minimum absolute atomic E-state index is 0.891. The monoisotopic (exact) mass is 410 g/mol. The third-order valence-electron chi connectivity index (χ3n) is 6.23. The van der Waals surface area contributed by atoms with Crippen molar-refractivity contribution in [3.63, 3.8) is 0 Å². The van der Waals surface area contributed by atoms with E-state index in [9.17, 15) is 0 Å². The first-order chi connectivity index (χ1) is 15.8. The first kappa shape index (κ1) is 17.4. The smallest absolute Gasteiger partial charge is 0.142 e. The van der Waals surface area contributed by atoms with E-state index in [1.165, 1.54) is 0 Å². The molecular weight excluding hydrogens is 392 g/mol. The zero-order chi connectivity index (χ0) is 21.1. The van der Waals surface area contributed by atoms with Crippen molar-refractivity contribution in [3.05, 3.63) is 109 Å². The molecule has 0 unspecified atom stereocenters. The summed E-state index contributed by atoms with van der Waals surface area (Å²) in [4.78, 5) is 0. The fourth-order valence-corrected chi connectivity index (χ4v) is 4.63. The van der Waals surface area contributed by atoms with Gasteiger partial charge >= 0.3 is 0 Å². The van der Waals surface area contributed by atoms with E-state index in [0.29, 0.717) is 0 Å². The van der Waals surface area contributed by atoms with Crippen LogP contribution in [0.1, 0.15) is 0 Å². The maximum Gasteiger partial charge on any atom is 0.142 e. The molecule has 2 heterocycles. The Labute approximate surface area is 184 Å². The number of benzene rings is 5. The average Bonchev–Trinajstić information content (AvgIpc) is 3.49. The largest absolute Gasteiger partial charge is 0.455 e. The summed E-state index contributed by atoms with van der Waals surface area (Å²) in [6.45, 7) is 0. The van der Waals surface area contributed by atoms with Crippen molar-refractivity contribution in [1.29, 1.82) is 0 Å². The summed E-state index contributed by atoms with van der Waals surface area (Å²) in [6, 6.07) is 37.8. The van der Waals surface area contributed by atoms with E-state index >= 15 is 0 Å². The predicted molar refractivity (Wildman–Crippen MR) is 132 cm³/mol. The molecule has 0 aliphatic heterocycles. The van der Waals surface area contributed by atoms with E-state index in [-0.39, 0.29) is 0 Å². The first-order valence-electron chi connectivity index (χ1n) is 10.8. The van der Waals surface area contributed by atoms with Crippen LogP contribution in [0.4, 0.5) is 0 Å². The van der Waals surface area contributed by atoms with Crippen molar-refractivity contribution in [2.24, 2.45) is 0 Å². The standard InChI is InChI=1S/C30H18O2/c1-3-7-19(8-4-1)27-17-23-13-11-21-16-26-22(15-25(21)29(23)31-27)12-14-24-18-28(32-30(24)26)20-9-5-2-6-10-20/h1-18H. The molecule has 2 aromatic heterocycles. The SMILES string of the molecule is c1ccc(-c2cc3ccc4cc5c(ccc6cc(-c7ccccc7)oc65)cc4c3o2)cc1. The predicted octanol–water partition coefficient (Wildman–Crippen LogP) is 8.82. The van der Waals surface area contributed by atoms with Gasteiger partial charge < -0.3 is 8.83 Å². The van der Waals surface area contributed by atoms with Crippen molar-refractivity contribution >= 4 is 43.5 Å². The number of hydrogen-bond acceptors (Lipinski definition) is 2. The van der Waals surface area contributed by atoms with Crippen LogP contribution in [-0.4, -0.2) is 0 Å². The molecule has 2 nitrogen and oxygen atoms in total. The number of rotatable bonds is 2. The topological polar surface area (TPSA) is 26.3 Å². The molecular formula is C30H18O2. The molecule has 7 aromatic rings. The van der Waals surface area contributed by atoms with E-state index in [2.05, 4.69) is 72.8 Å². The molecule has 0 aliphatic rings. The van der Waals surface area contributed by atoms with Gasteiger partial charge in [0.15, 0.2) is 0 Å². The molecule has 0 N–H and O–H groups in total. The summed E-state index contributed by atoms with van der Waals surface area (Å²) in [7, 11) is 0. The summed E-state index contributed by atoms with van der Waals surface area (Å²) in [6.07, 6.45) is 0. The number of furan rings is 2. The third kappa shape index (κ3) is 2.60. The van der Waals surface area contributed by atoms with Crippen LogP contribution >= 0.6 is 0 Å². The van der Waals surface area contributed by atoms with Gasteiger partial charge in [-0.15, -0.1) is 0 Å². The Morgan fingerprint density at radius 2 is 0.781 bits per heavy atom. The summed E-state index contributed by atoms with van der Waals surface area (Å²) in [5, 5.41) is 6.74. The van der Waals surface area contributed by atoms with Crippen molar-refractivity contribution in [3.8, 4) is 22.6 Å². The normalized spacial score (nSPS) is 11.8. The van der Waals surface area contributed by atoms with Gasteiger partial charge in [0.2, 0.25) is 0 Å². The second-order valence-electron chi connectivity index (χ2n) is 8.22. The van der Waals surface area contributed by atoms with E-state index in [1.807, 2.05) is 36.4 Å². The van der Waals surface area contributed by atoms with Gasteiger partial charge in [-0.1, -0.05) is 84.9 Å². The highest BCUT2D eigenvalue weighted by Gasteiger charge is 2.13. The highest BCUT2D eigenvalue weighted by molar-refractivity contribution is 6.15. The van der Waals surface area contributed by atoms with Crippen molar-refractivity contribution < 1.29 is 8.83 Å². The Hall–Kier alpha value is -4.30. The van der Waals surface area contributed by atoms with Crippen LogP contribution in [0.3, 0.4) is 0 Å². The third-order valence-corrected chi connectivity index (χ3v) is 6.23. The zero-order valence-electron chi connectivity index (χ0n) is 17.2. The lowest BCUT2D eigenvalue weighted by Gasteiger charge is -2.04. The molecule has 0 amide bonds. The molecule has 0 fully saturated rings. The minimum Gasteiger partial charge on any atom is -0.455 e. The maximum atomic E-state index is 6.34. The van der Waals surface area contributed by atoms with Gasteiger partial charge in [0.1, 0.15) is 22.7 Å². The van der Waals surface area contributed by atoms with E-state index in [0.717, 1.165) is 66.1 Å². The number of fused-ring (bicyclic) bond motifs is 6. The molecule has 7 rings (SSSR count). The Morgan fingerprint density at radius 3 is 1.22 bits per heavy atom. The van der Waals surface area contributed by atoms with Crippen LogP contribution < -0.4 is 0 Å². The van der Waals surface area contributed by atoms with Gasteiger partial charge in [-0.3, -0.25) is 0 Å². The molecule has 0 saturated heterocycles. The van der Waals surface area contributed by atoms with Crippen LogP contribution in [0.5, 0.6) is 0 Å². The fraction of sp³-hybridized carbons (Fsp3) is 0. The molecule has 150 valence electrons. The zero-order valence-corrected chi connectivity index (χ0v) is 17.2. The van der Waals surface area contributed by atoms with Crippen molar-refractivity contribution in [2.45, 2.75) is 0 Å². The summed E-state index contributed by atoms with van der Waals surface area (Å²) in [5.41, 5.74) is 4.02. The van der Waals surface area contributed by atoms with Gasteiger partial charge in [0.05, 0.1) is 0 Å².